The number of hydrogen-bond acceptors (Lipinski definition) is 4. The minimum absolute atomic E-state index is 0.195. The summed E-state index contributed by atoms with van der Waals surface area (Å²) in [6.45, 7) is 6.11. The van der Waals surface area contributed by atoms with Crippen molar-refractivity contribution in [2.45, 2.75) is 26.5 Å². The molecule has 1 aromatic rings. The molecule has 15 heavy (non-hydrogen) atoms. The van der Waals surface area contributed by atoms with E-state index in [1.807, 2.05) is 19.9 Å². The molecule has 0 aliphatic heterocycles. The molecule has 0 fully saturated rings. The van der Waals surface area contributed by atoms with Gasteiger partial charge in [0.05, 0.1) is 12.6 Å². The Morgan fingerprint density at radius 3 is 3.00 bits per heavy atom. The topological polar surface area (TPSA) is 58.2 Å². The molecule has 82 valence electrons. The van der Waals surface area contributed by atoms with Gasteiger partial charge >= 0.3 is 0 Å². The number of ether oxygens (including phenoxy) is 1. The smallest absolute Gasteiger partial charge is 0.203 e. The monoisotopic (exact) mass is 208 g/mol. The van der Waals surface area contributed by atoms with Crippen molar-refractivity contribution in [2.75, 3.05) is 13.2 Å². The van der Waals surface area contributed by atoms with E-state index < -0.39 is 0 Å². The Hall–Kier alpha value is -1.31. The van der Waals surface area contributed by atoms with Crippen LogP contribution in [0, 0.1) is 11.3 Å². The van der Waals surface area contributed by atoms with E-state index in [9.17, 15) is 0 Å². The molecule has 0 saturated carbocycles. The molecular formula is C11H16N2O2. The molecular weight excluding hydrogens is 192 g/mol. The SMILES string of the molecule is CCOC(C)CNCc1ccc(C#N)o1. The van der Waals surface area contributed by atoms with Gasteiger partial charge in [-0.1, -0.05) is 0 Å². The molecule has 1 atom stereocenters. The average molecular weight is 208 g/mol. The largest absolute Gasteiger partial charge is 0.449 e. The Labute approximate surface area is 89.8 Å². The third-order valence-corrected chi connectivity index (χ3v) is 1.95. The minimum Gasteiger partial charge on any atom is -0.449 e. The van der Waals surface area contributed by atoms with Crippen molar-refractivity contribution in [3.05, 3.63) is 23.7 Å². The number of nitrogens with one attached hydrogen (secondary N) is 1. The van der Waals surface area contributed by atoms with Gasteiger partial charge in [-0.2, -0.15) is 5.26 Å². The molecule has 4 nitrogen and oxygen atoms in total. The third-order valence-electron chi connectivity index (χ3n) is 1.95. The zero-order valence-corrected chi connectivity index (χ0v) is 9.12. The van der Waals surface area contributed by atoms with Gasteiger partial charge in [-0.25, -0.2) is 0 Å². The van der Waals surface area contributed by atoms with Crippen LogP contribution in [0.15, 0.2) is 16.5 Å². The first-order chi connectivity index (χ1) is 7.26. The van der Waals surface area contributed by atoms with Gasteiger partial charge in [0, 0.05) is 13.2 Å². The van der Waals surface area contributed by atoms with Crippen LogP contribution in [0.4, 0.5) is 0 Å². The predicted octanol–water partition coefficient (Wildman–Crippen LogP) is 1.67. The van der Waals surface area contributed by atoms with E-state index in [0.29, 0.717) is 12.3 Å². The normalized spacial score (nSPS) is 12.3. The van der Waals surface area contributed by atoms with Gasteiger partial charge in [0.2, 0.25) is 5.76 Å². The van der Waals surface area contributed by atoms with Gasteiger partial charge in [-0.15, -0.1) is 0 Å². The lowest BCUT2D eigenvalue weighted by Crippen LogP contribution is -2.26. The molecule has 1 unspecified atom stereocenters. The Morgan fingerprint density at radius 1 is 1.60 bits per heavy atom. The quantitative estimate of drug-likeness (QED) is 0.772. The van der Waals surface area contributed by atoms with E-state index in [0.717, 1.165) is 18.9 Å². The first-order valence-electron chi connectivity index (χ1n) is 5.07. The maximum absolute atomic E-state index is 8.55. The summed E-state index contributed by atoms with van der Waals surface area (Å²) in [5.74, 6) is 1.12. The standard InChI is InChI=1S/C11H16N2O2/c1-3-14-9(2)7-13-8-11-5-4-10(6-12)15-11/h4-5,9,13H,3,7-8H2,1-2H3. The number of rotatable bonds is 6. The molecule has 0 spiro atoms. The number of nitriles is 1. The maximum Gasteiger partial charge on any atom is 0.203 e. The Kier molecular flexibility index (Phi) is 4.88. The highest BCUT2D eigenvalue weighted by atomic mass is 16.5. The summed E-state index contributed by atoms with van der Waals surface area (Å²) in [7, 11) is 0. The molecule has 1 heterocycles. The van der Waals surface area contributed by atoms with E-state index in [1.54, 1.807) is 12.1 Å². The van der Waals surface area contributed by atoms with Crippen molar-refractivity contribution in [3.63, 3.8) is 0 Å². The Morgan fingerprint density at radius 2 is 2.40 bits per heavy atom. The van der Waals surface area contributed by atoms with Gasteiger partial charge in [-0.3, -0.25) is 0 Å². The Balaban J connectivity index is 2.23. The van der Waals surface area contributed by atoms with Crippen LogP contribution in [0.3, 0.4) is 0 Å². The van der Waals surface area contributed by atoms with Crippen LogP contribution in [0.25, 0.3) is 0 Å². The molecule has 0 saturated heterocycles. The number of furan rings is 1. The van der Waals surface area contributed by atoms with Crippen LogP contribution in [-0.2, 0) is 11.3 Å². The van der Waals surface area contributed by atoms with Crippen LogP contribution >= 0.6 is 0 Å². The zero-order chi connectivity index (χ0) is 11.1. The first-order valence-corrected chi connectivity index (χ1v) is 5.07. The van der Waals surface area contributed by atoms with Crippen LogP contribution in [-0.4, -0.2) is 19.3 Å². The molecule has 0 bridgehead atoms. The second kappa shape index (κ2) is 6.23. The Bertz CT molecular complexity index is 328. The highest BCUT2D eigenvalue weighted by Gasteiger charge is 2.03. The van der Waals surface area contributed by atoms with E-state index in [4.69, 9.17) is 14.4 Å². The van der Waals surface area contributed by atoms with Gasteiger partial charge in [0.15, 0.2) is 0 Å². The highest BCUT2D eigenvalue weighted by Crippen LogP contribution is 2.05. The second-order valence-electron chi connectivity index (χ2n) is 3.27. The average Bonchev–Trinajstić information content (AvgIpc) is 2.66. The predicted molar refractivity (Wildman–Crippen MR) is 56.2 cm³/mol. The van der Waals surface area contributed by atoms with Gasteiger partial charge in [0.1, 0.15) is 11.8 Å². The summed E-state index contributed by atoms with van der Waals surface area (Å²) in [6, 6.07) is 5.42. The molecule has 0 amide bonds. The van der Waals surface area contributed by atoms with Gasteiger partial charge in [0.25, 0.3) is 0 Å². The fourth-order valence-corrected chi connectivity index (χ4v) is 1.28. The summed E-state index contributed by atoms with van der Waals surface area (Å²) in [4.78, 5) is 0. The molecule has 1 rings (SSSR count). The van der Waals surface area contributed by atoms with Crippen molar-refractivity contribution in [3.8, 4) is 6.07 Å². The van der Waals surface area contributed by atoms with Crippen LogP contribution in [0.5, 0.6) is 0 Å². The summed E-state index contributed by atoms with van der Waals surface area (Å²) in [6.07, 6.45) is 0.195. The zero-order valence-electron chi connectivity index (χ0n) is 9.12. The third kappa shape index (κ3) is 4.15. The fourth-order valence-electron chi connectivity index (χ4n) is 1.28. The lowest BCUT2D eigenvalue weighted by molar-refractivity contribution is 0.0756. The minimum atomic E-state index is 0.195. The van der Waals surface area contributed by atoms with Crippen LogP contribution in [0.1, 0.15) is 25.4 Å². The number of nitrogens with zero attached hydrogens (tertiary/aromatic N) is 1. The van der Waals surface area contributed by atoms with Gasteiger partial charge in [-0.05, 0) is 26.0 Å². The van der Waals surface area contributed by atoms with Crippen molar-refractivity contribution in [1.82, 2.24) is 5.32 Å². The lowest BCUT2D eigenvalue weighted by Gasteiger charge is -2.11. The second-order valence-corrected chi connectivity index (χ2v) is 3.27. The van der Waals surface area contributed by atoms with Crippen molar-refractivity contribution >= 4 is 0 Å². The van der Waals surface area contributed by atoms with Crippen molar-refractivity contribution < 1.29 is 9.15 Å². The van der Waals surface area contributed by atoms with Gasteiger partial charge < -0.3 is 14.5 Å². The van der Waals surface area contributed by atoms with Crippen LogP contribution in [0.2, 0.25) is 0 Å². The molecule has 0 aliphatic carbocycles. The summed E-state index contributed by atoms with van der Waals surface area (Å²) < 4.78 is 10.6. The maximum atomic E-state index is 8.55. The summed E-state index contributed by atoms with van der Waals surface area (Å²) in [5.41, 5.74) is 0. The molecule has 0 aliphatic rings. The summed E-state index contributed by atoms with van der Waals surface area (Å²) in [5, 5.41) is 11.7. The molecule has 1 N–H and O–H groups in total. The fraction of sp³-hybridized carbons (Fsp3) is 0.545. The van der Waals surface area contributed by atoms with Crippen LogP contribution < -0.4 is 5.32 Å². The number of hydrogen-bond donors (Lipinski definition) is 1. The van der Waals surface area contributed by atoms with E-state index in [1.165, 1.54) is 0 Å². The van der Waals surface area contributed by atoms with Crippen molar-refractivity contribution in [2.24, 2.45) is 0 Å². The van der Waals surface area contributed by atoms with E-state index in [2.05, 4.69) is 5.32 Å². The molecule has 1 aromatic heterocycles. The molecule has 0 aromatic carbocycles. The van der Waals surface area contributed by atoms with E-state index >= 15 is 0 Å². The molecule has 0 radical (unpaired) electrons. The van der Waals surface area contributed by atoms with E-state index in [-0.39, 0.29) is 6.10 Å². The molecule has 4 heteroatoms. The summed E-state index contributed by atoms with van der Waals surface area (Å²) >= 11 is 0. The van der Waals surface area contributed by atoms with Crippen molar-refractivity contribution in [1.29, 1.82) is 5.26 Å². The lowest BCUT2D eigenvalue weighted by atomic mass is 10.3. The highest BCUT2D eigenvalue weighted by molar-refractivity contribution is 5.18. The first kappa shape index (κ1) is 11.8.